The Morgan fingerprint density at radius 2 is 2.21 bits per heavy atom. The Hall–Kier alpha value is -1.09. The molecule has 0 spiro atoms. The first-order chi connectivity index (χ1) is 6.65. The number of non-ortho nitro benzene ring substituents is 1. The van der Waals surface area contributed by atoms with Gasteiger partial charge in [0.2, 0.25) is 0 Å². The third-order valence-corrected chi connectivity index (χ3v) is 2.40. The molecule has 0 N–H and O–H groups in total. The van der Waals surface area contributed by atoms with Crippen molar-refractivity contribution in [1.82, 2.24) is 0 Å². The fraction of sp³-hybridized carbons (Fsp3) is 0.400. The summed E-state index contributed by atoms with van der Waals surface area (Å²) in [5.74, 6) is 0. The summed E-state index contributed by atoms with van der Waals surface area (Å²) in [5.41, 5.74) is 1.04. The van der Waals surface area contributed by atoms with Crippen molar-refractivity contribution < 1.29 is 4.92 Å². The molecule has 0 bridgehead atoms. The van der Waals surface area contributed by atoms with Gasteiger partial charge in [-0.05, 0) is 18.4 Å². The Morgan fingerprint density at radius 3 is 2.71 bits per heavy atom. The number of unbranched alkanes of at least 4 members (excludes halogenated alkanes) is 1. The number of aryl methyl sites for hydroxylation is 1. The molecular formula is C10H12ClNO2. The summed E-state index contributed by atoms with van der Waals surface area (Å²) in [6.45, 7) is 2.10. The molecule has 3 nitrogen and oxygen atoms in total. The molecule has 0 aliphatic rings. The van der Waals surface area contributed by atoms with E-state index in [2.05, 4.69) is 6.92 Å². The van der Waals surface area contributed by atoms with Crippen LogP contribution in [0.25, 0.3) is 0 Å². The van der Waals surface area contributed by atoms with Crippen molar-refractivity contribution >= 4 is 17.3 Å². The summed E-state index contributed by atoms with van der Waals surface area (Å²) in [4.78, 5) is 9.99. The predicted octanol–water partition coefficient (Wildman–Crippen LogP) is 3.59. The SMILES string of the molecule is CCCCc1ccc([N+](=O)[O-])cc1Cl. The van der Waals surface area contributed by atoms with Crippen molar-refractivity contribution in [1.29, 1.82) is 0 Å². The summed E-state index contributed by atoms with van der Waals surface area (Å²) in [7, 11) is 0. The van der Waals surface area contributed by atoms with E-state index in [1.54, 1.807) is 6.07 Å². The summed E-state index contributed by atoms with van der Waals surface area (Å²) in [6.07, 6.45) is 3.03. The standard InChI is InChI=1S/C10H12ClNO2/c1-2-3-4-8-5-6-9(12(13)14)7-10(8)11/h5-7H,2-4H2,1H3. The maximum absolute atomic E-state index is 10.4. The highest BCUT2D eigenvalue weighted by Crippen LogP contribution is 2.23. The molecule has 0 unspecified atom stereocenters. The Bertz CT molecular complexity index is 339. The highest BCUT2D eigenvalue weighted by molar-refractivity contribution is 6.31. The molecule has 0 radical (unpaired) electrons. The zero-order chi connectivity index (χ0) is 10.6. The third kappa shape index (κ3) is 2.70. The molecule has 0 saturated carbocycles. The summed E-state index contributed by atoms with van der Waals surface area (Å²) in [6, 6.07) is 4.64. The minimum absolute atomic E-state index is 0.0512. The number of benzene rings is 1. The molecule has 0 aliphatic carbocycles. The van der Waals surface area contributed by atoms with Gasteiger partial charge in [-0.3, -0.25) is 10.1 Å². The molecule has 14 heavy (non-hydrogen) atoms. The lowest BCUT2D eigenvalue weighted by atomic mass is 10.1. The molecular weight excluding hydrogens is 202 g/mol. The molecule has 0 heterocycles. The first-order valence-corrected chi connectivity index (χ1v) is 4.95. The highest BCUT2D eigenvalue weighted by atomic mass is 35.5. The lowest BCUT2D eigenvalue weighted by Crippen LogP contribution is -1.91. The maximum Gasteiger partial charge on any atom is 0.270 e. The topological polar surface area (TPSA) is 43.1 Å². The van der Waals surface area contributed by atoms with Crippen molar-refractivity contribution in [3.05, 3.63) is 38.9 Å². The molecule has 1 rings (SSSR count). The van der Waals surface area contributed by atoms with E-state index in [9.17, 15) is 10.1 Å². The predicted molar refractivity (Wildman–Crippen MR) is 56.7 cm³/mol. The molecule has 76 valence electrons. The number of nitro groups is 1. The van der Waals surface area contributed by atoms with Gasteiger partial charge < -0.3 is 0 Å². The van der Waals surface area contributed by atoms with Gasteiger partial charge in [-0.15, -0.1) is 0 Å². The molecule has 4 heteroatoms. The van der Waals surface area contributed by atoms with E-state index >= 15 is 0 Å². The van der Waals surface area contributed by atoms with Gasteiger partial charge in [-0.2, -0.15) is 0 Å². The van der Waals surface area contributed by atoms with Gasteiger partial charge >= 0.3 is 0 Å². The van der Waals surface area contributed by atoms with E-state index < -0.39 is 4.92 Å². The molecule has 0 aromatic heterocycles. The van der Waals surface area contributed by atoms with Crippen LogP contribution < -0.4 is 0 Å². The summed E-state index contributed by atoms with van der Waals surface area (Å²) < 4.78 is 0. The second-order valence-corrected chi connectivity index (χ2v) is 3.54. The van der Waals surface area contributed by atoms with Gasteiger partial charge in [0.1, 0.15) is 0 Å². The average molecular weight is 214 g/mol. The zero-order valence-corrected chi connectivity index (χ0v) is 8.75. The Labute approximate surface area is 87.8 Å². The number of hydrogen-bond donors (Lipinski definition) is 0. The molecule has 0 saturated heterocycles. The van der Waals surface area contributed by atoms with Crippen molar-refractivity contribution in [2.24, 2.45) is 0 Å². The van der Waals surface area contributed by atoms with Gasteiger partial charge in [0.05, 0.1) is 9.95 Å². The average Bonchev–Trinajstić information content (AvgIpc) is 2.15. The van der Waals surface area contributed by atoms with Crippen LogP contribution in [-0.4, -0.2) is 4.92 Å². The number of halogens is 1. The van der Waals surface area contributed by atoms with Crippen molar-refractivity contribution in [2.75, 3.05) is 0 Å². The smallest absolute Gasteiger partial charge is 0.258 e. The maximum atomic E-state index is 10.4. The van der Waals surface area contributed by atoms with Crippen molar-refractivity contribution in [3.8, 4) is 0 Å². The van der Waals surface area contributed by atoms with Crippen LogP contribution in [0.2, 0.25) is 5.02 Å². The van der Waals surface area contributed by atoms with E-state index in [1.165, 1.54) is 12.1 Å². The number of rotatable bonds is 4. The van der Waals surface area contributed by atoms with Crippen LogP contribution in [0.1, 0.15) is 25.3 Å². The molecule has 0 amide bonds. The fourth-order valence-electron chi connectivity index (χ4n) is 1.22. The van der Waals surface area contributed by atoms with E-state index in [1.807, 2.05) is 0 Å². The number of nitrogens with zero attached hydrogens (tertiary/aromatic N) is 1. The lowest BCUT2D eigenvalue weighted by Gasteiger charge is -2.02. The Balaban J connectivity index is 2.84. The summed E-state index contributed by atoms with van der Waals surface area (Å²) in [5, 5.41) is 10.9. The Morgan fingerprint density at radius 1 is 1.50 bits per heavy atom. The second kappa shape index (κ2) is 4.96. The van der Waals surface area contributed by atoms with E-state index in [4.69, 9.17) is 11.6 Å². The third-order valence-electron chi connectivity index (χ3n) is 2.05. The van der Waals surface area contributed by atoms with Crippen LogP contribution in [0.5, 0.6) is 0 Å². The van der Waals surface area contributed by atoms with Gasteiger partial charge in [-0.1, -0.05) is 31.0 Å². The molecule has 0 fully saturated rings. The normalized spacial score (nSPS) is 10.1. The Kier molecular flexibility index (Phi) is 3.89. The number of hydrogen-bond acceptors (Lipinski definition) is 2. The summed E-state index contributed by atoms with van der Waals surface area (Å²) >= 11 is 5.90. The van der Waals surface area contributed by atoms with Crippen molar-refractivity contribution in [3.63, 3.8) is 0 Å². The minimum Gasteiger partial charge on any atom is -0.258 e. The van der Waals surface area contributed by atoms with Gasteiger partial charge in [0.15, 0.2) is 0 Å². The van der Waals surface area contributed by atoms with E-state index in [0.717, 1.165) is 24.8 Å². The van der Waals surface area contributed by atoms with Crippen LogP contribution >= 0.6 is 11.6 Å². The van der Waals surface area contributed by atoms with Crippen molar-refractivity contribution in [2.45, 2.75) is 26.2 Å². The molecule has 1 aromatic rings. The first-order valence-electron chi connectivity index (χ1n) is 4.58. The van der Waals surface area contributed by atoms with Gasteiger partial charge in [0.25, 0.3) is 5.69 Å². The van der Waals surface area contributed by atoms with Crippen LogP contribution in [-0.2, 0) is 6.42 Å². The quantitative estimate of drug-likeness (QED) is 0.567. The lowest BCUT2D eigenvalue weighted by molar-refractivity contribution is -0.384. The van der Waals surface area contributed by atoms with Crippen LogP contribution in [0.4, 0.5) is 5.69 Å². The zero-order valence-electron chi connectivity index (χ0n) is 8.00. The largest absolute Gasteiger partial charge is 0.270 e. The second-order valence-electron chi connectivity index (χ2n) is 3.14. The van der Waals surface area contributed by atoms with E-state index in [0.29, 0.717) is 5.02 Å². The van der Waals surface area contributed by atoms with Crippen LogP contribution in [0, 0.1) is 10.1 Å². The first kappa shape index (κ1) is 11.0. The van der Waals surface area contributed by atoms with Gasteiger partial charge in [0, 0.05) is 12.1 Å². The molecule has 0 atom stereocenters. The highest BCUT2D eigenvalue weighted by Gasteiger charge is 2.08. The fourth-order valence-corrected chi connectivity index (χ4v) is 1.49. The monoisotopic (exact) mass is 213 g/mol. The molecule has 1 aromatic carbocycles. The van der Waals surface area contributed by atoms with Crippen LogP contribution in [0.3, 0.4) is 0 Å². The number of nitro benzene ring substituents is 1. The van der Waals surface area contributed by atoms with Gasteiger partial charge in [-0.25, -0.2) is 0 Å². The van der Waals surface area contributed by atoms with Crippen LogP contribution in [0.15, 0.2) is 18.2 Å². The van der Waals surface area contributed by atoms with E-state index in [-0.39, 0.29) is 5.69 Å². The minimum atomic E-state index is -0.435. The molecule has 0 aliphatic heterocycles.